The molecule has 2 aliphatic rings. The summed E-state index contributed by atoms with van der Waals surface area (Å²) in [6.45, 7) is 7.17. The van der Waals surface area contributed by atoms with E-state index in [0.29, 0.717) is 11.5 Å². The molecular formula is C33H44F3N5O3S. The number of piperidine rings is 1. The maximum atomic E-state index is 14.5. The summed E-state index contributed by atoms with van der Waals surface area (Å²) in [7, 11) is -3.18. The lowest BCUT2D eigenvalue weighted by molar-refractivity contribution is 0.0476. The van der Waals surface area contributed by atoms with Crippen LogP contribution in [-0.2, 0) is 10.0 Å². The summed E-state index contributed by atoms with van der Waals surface area (Å²) in [5.74, 6) is -0.309. The molecule has 3 aromatic rings. The number of sulfonamides is 1. The van der Waals surface area contributed by atoms with Crippen LogP contribution in [-0.4, -0.2) is 84.0 Å². The summed E-state index contributed by atoms with van der Waals surface area (Å²) >= 11 is 0. The molecular weight excluding hydrogens is 603 g/mol. The quantitative estimate of drug-likeness (QED) is 0.279. The minimum Gasteiger partial charge on any atom is -0.330 e. The number of fused-ring (bicyclic) bond motifs is 1. The van der Waals surface area contributed by atoms with Crippen LogP contribution in [0.2, 0.25) is 0 Å². The molecule has 1 aliphatic heterocycles. The SMILES string of the molecule is CCS(=O)(=O)NC1CCC(CN2CCC(c3cc(-c4ccc(F)cc4C(=O)N(CC(F)F)C(C)C)c4cnccn34)CC2)CC1. The number of hydrogen-bond acceptors (Lipinski definition) is 5. The van der Waals surface area contributed by atoms with Crippen LogP contribution < -0.4 is 4.72 Å². The van der Waals surface area contributed by atoms with Crippen LogP contribution in [0.3, 0.4) is 0 Å². The van der Waals surface area contributed by atoms with Gasteiger partial charge in [-0.15, -0.1) is 0 Å². The lowest BCUT2D eigenvalue weighted by Crippen LogP contribution is -2.41. The van der Waals surface area contributed by atoms with E-state index in [9.17, 15) is 26.4 Å². The molecule has 5 rings (SSSR count). The second kappa shape index (κ2) is 14.2. The van der Waals surface area contributed by atoms with Crippen molar-refractivity contribution in [2.75, 3.05) is 31.9 Å². The van der Waals surface area contributed by atoms with Crippen molar-refractivity contribution >= 4 is 21.4 Å². The Balaban J connectivity index is 1.31. The van der Waals surface area contributed by atoms with Crippen molar-refractivity contribution < 1.29 is 26.4 Å². The Morgan fingerprint density at radius 1 is 1.07 bits per heavy atom. The van der Waals surface area contributed by atoms with Gasteiger partial charge in [-0.1, -0.05) is 6.07 Å². The Kier molecular flexibility index (Phi) is 10.6. The second-order valence-corrected chi connectivity index (χ2v) is 14.8. The van der Waals surface area contributed by atoms with Gasteiger partial charge in [0.15, 0.2) is 0 Å². The Morgan fingerprint density at radius 3 is 2.42 bits per heavy atom. The summed E-state index contributed by atoms with van der Waals surface area (Å²) < 4.78 is 70.0. The second-order valence-electron chi connectivity index (χ2n) is 12.8. The zero-order valence-corrected chi connectivity index (χ0v) is 27.1. The largest absolute Gasteiger partial charge is 0.330 e. The maximum absolute atomic E-state index is 14.5. The molecule has 0 radical (unpaired) electrons. The standard InChI is InChI=1S/C33H44F3N5O3S/c1-4-45(43,44)38-26-8-5-23(6-9-26)20-39-14-11-24(12-15-39)30-18-28(31-19-37-13-16-40(30)31)27-10-7-25(34)17-29(27)33(42)41(22(2)3)21-32(35)36/h7,10,13,16-19,22-24,26,32,38H,4-6,8-9,11-12,14-15,20-21H2,1-3H3. The third-order valence-electron chi connectivity index (χ3n) is 9.42. The number of amides is 1. The molecule has 2 fully saturated rings. The maximum Gasteiger partial charge on any atom is 0.255 e. The van der Waals surface area contributed by atoms with Crippen molar-refractivity contribution in [2.45, 2.75) is 83.7 Å². The minimum absolute atomic E-state index is 0.0398. The fraction of sp³-hybridized carbons (Fsp3) is 0.576. The van der Waals surface area contributed by atoms with E-state index < -0.39 is 40.8 Å². The van der Waals surface area contributed by atoms with Gasteiger partial charge in [0.2, 0.25) is 10.0 Å². The van der Waals surface area contributed by atoms with Crippen molar-refractivity contribution in [3.8, 4) is 11.1 Å². The number of carbonyl (C=O) groups is 1. The zero-order chi connectivity index (χ0) is 32.3. The van der Waals surface area contributed by atoms with Gasteiger partial charge >= 0.3 is 0 Å². The molecule has 0 bridgehead atoms. The molecule has 1 saturated heterocycles. The first-order valence-electron chi connectivity index (χ1n) is 16.0. The molecule has 0 atom stereocenters. The number of carbonyl (C=O) groups excluding carboxylic acids is 1. The lowest BCUT2D eigenvalue weighted by Gasteiger charge is -2.36. The molecule has 1 aliphatic carbocycles. The molecule has 45 heavy (non-hydrogen) atoms. The van der Waals surface area contributed by atoms with Gasteiger partial charge in [0.25, 0.3) is 12.3 Å². The van der Waals surface area contributed by atoms with Gasteiger partial charge in [-0.3, -0.25) is 9.78 Å². The van der Waals surface area contributed by atoms with Crippen molar-refractivity contribution in [1.82, 2.24) is 23.9 Å². The third kappa shape index (κ3) is 7.89. The van der Waals surface area contributed by atoms with Gasteiger partial charge in [0.1, 0.15) is 5.82 Å². The van der Waals surface area contributed by atoms with Crippen molar-refractivity contribution in [2.24, 2.45) is 5.92 Å². The van der Waals surface area contributed by atoms with E-state index in [4.69, 9.17) is 0 Å². The van der Waals surface area contributed by atoms with E-state index in [2.05, 4.69) is 19.0 Å². The van der Waals surface area contributed by atoms with Crippen LogP contribution in [0.25, 0.3) is 16.6 Å². The van der Waals surface area contributed by atoms with Crippen LogP contribution in [0.1, 0.15) is 81.3 Å². The minimum atomic E-state index is -3.18. The van der Waals surface area contributed by atoms with E-state index in [-0.39, 0.29) is 23.3 Å². The van der Waals surface area contributed by atoms with Crippen LogP contribution in [0.4, 0.5) is 13.2 Å². The van der Waals surface area contributed by atoms with Gasteiger partial charge in [0.05, 0.1) is 29.6 Å². The van der Waals surface area contributed by atoms with E-state index in [1.54, 1.807) is 39.2 Å². The number of nitrogens with one attached hydrogen (secondary N) is 1. The topological polar surface area (TPSA) is 87.0 Å². The number of hydrogen-bond donors (Lipinski definition) is 1. The third-order valence-corrected chi connectivity index (χ3v) is 10.9. The summed E-state index contributed by atoms with van der Waals surface area (Å²) in [6.07, 6.45) is 8.30. The molecule has 246 valence electrons. The molecule has 1 amide bonds. The smallest absolute Gasteiger partial charge is 0.255 e. The van der Waals surface area contributed by atoms with Crippen molar-refractivity contribution in [3.63, 3.8) is 0 Å². The average Bonchev–Trinajstić information content (AvgIpc) is 3.40. The first-order valence-corrected chi connectivity index (χ1v) is 17.7. The zero-order valence-electron chi connectivity index (χ0n) is 26.3. The summed E-state index contributed by atoms with van der Waals surface area (Å²) in [6, 6.07) is 5.59. The Labute approximate surface area is 264 Å². The van der Waals surface area contributed by atoms with Crippen LogP contribution >= 0.6 is 0 Å². The molecule has 1 aromatic carbocycles. The number of benzene rings is 1. The normalized spacial score (nSPS) is 20.4. The van der Waals surface area contributed by atoms with E-state index in [1.807, 2.05) is 12.3 Å². The van der Waals surface area contributed by atoms with Gasteiger partial charge in [-0.05, 0) is 102 Å². The predicted octanol–water partition coefficient (Wildman–Crippen LogP) is 5.93. The average molecular weight is 648 g/mol. The first-order chi connectivity index (χ1) is 21.5. The molecule has 12 heteroatoms. The van der Waals surface area contributed by atoms with Gasteiger partial charge in [-0.2, -0.15) is 0 Å². The van der Waals surface area contributed by atoms with Crippen molar-refractivity contribution in [1.29, 1.82) is 0 Å². The number of alkyl halides is 2. The fourth-order valence-corrected chi connectivity index (χ4v) is 7.85. The van der Waals surface area contributed by atoms with Gasteiger partial charge in [-0.25, -0.2) is 26.3 Å². The molecule has 0 unspecified atom stereocenters. The molecule has 8 nitrogen and oxygen atoms in total. The highest BCUT2D eigenvalue weighted by Crippen LogP contribution is 2.38. The highest BCUT2D eigenvalue weighted by molar-refractivity contribution is 7.89. The first kappa shape index (κ1) is 33.4. The van der Waals surface area contributed by atoms with Crippen molar-refractivity contribution in [3.05, 3.63) is 59.9 Å². The Hall–Kier alpha value is -2.96. The fourth-order valence-electron chi connectivity index (χ4n) is 6.94. The van der Waals surface area contributed by atoms with E-state index >= 15 is 0 Å². The monoisotopic (exact) mass is 647 g/mol. The molecule has 0 spiro atoms. The number of rotatable bonds is 11. The highest BCUT2D eigenvalue weighted by Gasteiger charge is 2.30. The predicted molar refractivity (Wildman–Crippen MR) is 170 cm³/mol. The van der Waals surface area contributed by atoms with Gasteiger partial charge < -0.3 is 14.2 Å². The van der Waals surface area contributed by atoms with E-state index in [1.165, 1.54) is 6.07 Å². The molecule has 1 saturated carbocycles. The van der Waals surface area contributed by atoms with Crippen LogP contribution in [0, 0.1) is 11.7 Å². The molecule has 1 N–H and O–H groups in total. The molecule has 3 heterocycles. The number of nitrogens with zero attached hydrogens (tertiary/aromatic N) is 4. The number of likely N-dealkylation sites (tertiary alicyclic amines) is 1. The van der Waals surface area contributed by atoms with E-state index in [0.717, 1.165) is 85.9 Å². The molecule has 2 aromatic heterocycles. The number of halogens is 3. The summed E-state index contributed by atoms with van der Waals surface area (Å²) in [5.41, 5.74) is 3.13. The van der Waals surface area contributed by atoms with Crippen LogP contribution in [0.5, 0.6) is 0 Å². The number of aromatic nitrogens is 2. The summed E-state index contributed by atoms with van der Waals surface area (Å²) in [5, 5.41) is 0. The lowest BCUT2D eigenvalue weighted by atomic mass is 9.85. The van der Waals surface area contributed by atoms with Gasteiger partial charge in [0, 0.05) is 48.2 Å². The van der Waals surface area contributed by atoms with Crippen LogP contribution in [0.15, 0.2) is 42.9 Å². The Morgan fingerprint density at radius 2 is 1.78 bits per heavy atom. The Bertz CT molecular complexity index is 1580. The summed E-state index contributed by atoms with van der Waals surface area (Å²) in [4.78, 5) is 21.5. The highest BCUT2D eigenvalue weighted by atomic mass is 32.2.